The van der Waals surface area contributed by atoms with E-state index in [4.69, 9.17) is 10.8 Å². The summed E-state index contributed by atoms with van der Waals surface area (Å²) in [6.07, 6.45) is 6.99. The van der Waals surface area contributed by atoms with E-state index in [9.17, 15) is 4.79 Å². The molecule has 2 rings (SSSR count). The molecule has 1 atom stereocenters. The van der Waals surface area contributed by atoms with E-state index < -0.39 is 0 Å². The van der Waals surface area contributed by atoms with E-state index in [1.165, 1.54) is 0 Å². The van der Waals surface area contributed by atoms with Gasteiger partial charge >= 0.3 is 0 Å². The van der Waals surface area contributed by atoms with Crippen molar-refractivity contribution < 1.29 is 5.11 Å². The van der Waals surface area contributed by atoms with E-state index >= 15 is 0 Å². The largest absolute Gasteiger partial charge is 0.396 e. The number of aromatic nitrogens is 1. The number of pyridine rings is 1. The average molecular weight is 264 g/mol. The predicted molar refractivity (Wildman–Crippen MR) is 76.1 cm³/mol. The van der Waals surface area contributed by atoms with Gasteiger partial charge in [0.1, 0.15) is 0 Å². The molecule has 0 saturated heterocycles. The summed E-state index contributed by atoms with van der Waals surface area (Å²) < 4.78 is 1.91. The van der Waals surface area contributed by atoms with Crippen LogP contribution in [0.25, 0.3) is 0 Å². The lowest BCUT2D eigenvalue weighted by molar-refractivity contribution is 0.282. The van der Waals surface area contributed by atoms with Crippen LogP contribution in [0.15, 0.2) is 16.9 Å². The van der Waals surface area contributed by atoms with Crippen LogP contribution in [-0.4, -0.2) is 16.3 Å². The van der Waals surface area contributed by atoms with Crippen molar-refractivity contribution in [2.75, 3.05) is 6.61 Å². The van der Waals surface area contributed by atoms with Crippen LogP contribution in [0.3, 0.4) is 0 Å². The summed E-state index contributed by atoms with van der Waals surface area (Å²) in [5.41, 5.74) is 8.51. The molecule has 4 nitrogen and oxygen atoms in total. The summed E-state index contributed by atoms with van der Waals surface area (Å²) in [6.45, 7) is 1.04. The number of fused-ring (bicyclic) bond motifs is 1. The highest BCUT2D eigenvalue weighted by atomic mass is 16.2. The molecule has 0 saturated carbocycles. The Morgan fingerprint density at radius 3 is 2.84 bits per heavy atom. The van der Waals surface area contributed by atoms with Crippen molar-refractivity contribution in [1.82, 2.24) is 4.57 Å². The number of nitrogens with two attached hydrogens (primary N) is 1. The van der Waals surface area contributed by atoms with Crippen LogP contribution in [0.4, 0.5) is 0 Å². The predicted octanol–water partition coefficient (Wildman–Crippen LogP) is 1.74. The van der Waals surface area contributed by atoms with Crippen LogP contribution in [0.5, 0.6) is 0 Å². The first kappa shape index (κ1) is 14.3. The summed E-state index contributed by atoms with van der Waals surface area (Å²) >= 11 is 0. The Morgan fingerprint density at radius 2 is 2.05 bits per heavy atom. The molecule has 0 spiro atoms. The standard InChI is InChI=1S/C15H24N2O2/c16-13-6-5-7-14-12(13)8-9-15(19)17(14)10-3-1-2-4-11-18/h8-9,13,18H,1-7,10-11,16H2. The highest BCUT2D eigenvalue weighted by Gasteiger charge is 2.19. The summed E-state index contributed by atoms with van der Waals surface area (Å²) in [4.78, 5) is 12.0. The maximum absolute atomic E-state index is 12.0. The number of rotatable bonds is 6. The SMILES string of the molecule is NC1CCCc2c1ccc(=O)n2CCCCCCO. The third kappa shape index (κ3) is 3.45. The van der Waals surface area contributed by atoms with Crippen molar-refractivity contribution >= 4 is 0 Å². The van der Waals surface area contributed by atoms with Crippen LogP contribution >= 0.6 is 0 Å². The first-order chi connectivity index (χ1) is 9.24. The zero-order valence-electron chi connectivity index (χ0n) is 11.5. The summed E-state index contributed by atoms with van der Waals surface area (Å²) in [6, 6.07) is 3.64. The van der Waals surface area contributed by atoms with Gasteiger partial charge in [0.15, 0.2) is 0 Å². The first-order valence-electron chi connectivity index (χ1n) is 7.33. The molecule has 1 heterocycles. The third-order valence-electron chi connectivity index (χ3n) is 3.95. The van der Waals surface area contributed by atoms with E-state index in [1.807, 2.05) is 10.6 Å². The molecule has 1 unspecified atom stereocenters. The Kier molecular flexibility index (Phi) is 5.16. The van der Waals surface area contributed by atoms with Crippen molar-refractivity contribution in [3.05, 3.63) is 33.7 Å². The van der Waals surface area contributed by atoms with Gasteiger partial charge in [-0.05, 0) is 37.7 Å². The molecule has 0 fully saturated rings. The van der Waals surface area contributed by atoms with E-state index in [2.05, 4.69) is 0 Å². The summed E-state index contributed by atoms with van der Waals surface area (Å²) in [5, 5.41) is 8.74. The van der Waals surface area contributed by atoms with Crippen molar-refractivity contribution in [3.8, 4) is 0 Å². The molecular weight excluding hydrogens is 240 g/mol. The Balaban J connectivity index is 2.07. The number of hydrogen-bond acceptors (Lipinski definition) is 3. The second-order valence-electron chi connectivity index (χ2n) is 5.36. The van der Waals surface area contributed by atoms with Crippen LogP contribution in [0.2, 0.25) is 0 Å². The molecule has 4 heteroatoms. The van der Waals surface area contributed by atoms with Crippen LogP contribution in [0, 0.1) is 0 Å². The molecule has 19 heavy (non-hydrogen) atoms. The first-order valence-corrected chi connectivity index (χ1v) is 7.33. The molecule has 1 aromatic rings. The van der Waals surface area contributed by atoms with Crippen LogP contribution < -0.4 is 11.3 Å². The molecule has 0 bridgehead atoms. The second kappa shape index (κ2) is 6.87. The number of nitrogens with zero attached hydrogens (tertiary/aromatic N) is 1. The highest BCUT2D eigenvalue weighted by Crippen LogP contribution is 2.26. The zero-order valence-corrected chi connectivity index (χ0v) is 11.5. The normalized spacial score (nSPS) is 18.3. The lowest BCUT2D eigenvalue weighted by atomic mass is 9.91. The molecule has 1 aliphatic carbocycles. The molecule has 0 amide bonds. The van der Waals surface area contributed by atoms with Gasteiger partial charge in [-0.2, -0.15) is 0 Å². The molecule has 0 aliphatic heterocycles. The Hall–Kier alpha value is -1.13. The fraction of sp³-hybridized carbons (Fsp3) is 0.667. The minimum absolute atomic E-state index is 0.0880. The van der Waals surface area contributed by atoms with Gasteiger partial charge in [-0.15, -0.1) is 0 Å². The van der Waals surface area contributed by atoms with Gasteiger partial charge < -0.3 is 15.4 Å². The van der Waals surface area contributed by atoms with E-state index in [1.54, 1.807) is 6.07 Å². The molecule has 106 valence electrons. The third-order valence-corrected chi connectivity index (χ3v) is 3.95. The summed E-state index contributed by atoms with van der Waals surface area (Å²) in [5.74, 6) is 0. The maximum atomic E-state index is 12.0. The molecule has 1 aliphatic rings. The lowest BCUT2D eigenvalue weighted by Crippen LogP contribution is -2.29. The van der Waals surface area contributed by atoms with Gasteiger partial charge in [0, 0.05) is 31.0 Å². The van der Waals surface area contributed by atoms with Gasteiger partial charge in [0.2, 0.25) is 0 Å². The fourth-order valence-corrected chi connectivity index (χ4v) is 2.88. The van der Waals surface area contributed by atoms with E-state index in [0.29, 0.717) is 0 Å². The van der Waals surface area contributed by atoms with Crippen molar-refractivity contribution in [2.45, 2.75) is 57.5 Å². The average Bonchev–Trinajstić information content (AvgIpc) is 2.41. The Bertz CT molecular complexity index is 468. The minimum Gasteiger partial charge on any atom is -0.396 e. The number of unbranched alkanes of at least 4 members (excludes halogenated alkanes) is 3. The molecular formula is C15H24N2O2. The van der Waals surface area contributed by atoms with Crippen LogP contribution in [-0.2, 0) is 13.0 Å². The second-order valence-corrected chi connectivity index (χ2v) is 5.36. The smallest absolute Gasteiger partial charge is 0.250 e. The molecule has 0 radical (unpaired) electrons. The number of aliphatic hydroxyl groups is 1. The molecule has 1 aromatic heterocycles. The Morgan fingerprint density at radius 1 is 1.26 bits per heavy atom. The highest BCUT2D eigenvalue weighted by molar-refractivity contribution is 5.27. The topological polar surface area (TPSA) is 68.2 Å². The van der Waals surface area contributed by atoms with Gasteiger partial charge in [-0.25, -0.2) is 0 Å². The van der Waals surface area contributed by atoms with Gasteiger partial charge in [-0.3, -0.25) is 4.79 Å². The Labute approximate surface area is 114 Å². The fourth-order valence-electron chi connectivity index (χ4n) is 2.88. The van der Waals surface area contributed by atoms with Crippen molar-refractivity contribution in [1.29, 1.82) is 0 Å². The van der Waals surface area contributed by atoms with Crippen molar-refractivity contribution in [2.24, 2.45) is 5.73 Å². The van der Waals surface area contributed by atoms with Crippen molar-refractivity contribution in [3.63, 3.8) is 0 Å². The van der Waals surface area contributed by atoms with Gasteiger partial charge in [-0.1, -0.05) is 18.9 Å². The van der Waals surface area contributed by atoms with E-state index in [-0.39, 0.29) is 18.2 Å². The minimum atomic E-state index is 0.0880. The van der Waals surface area contributed by atoms with Gasteiger partial charge in [0.25, 0.3) is 5.56 Å². The van der Waals surface area contributed by atoms with Gasteiger partial charge in [0.05, 0.1) is 0 Å². The monoisotopic (exact) mass is 264 g/mol. The molecule has 3 N–H and O–H groups in total. The maximum Gasteiger partial charge on any atom is 0.250 e. The number of aliphatic hydroxyl groups excluding tert-OH is 1. The zero-order chi connectivity index (χ0) is 13.7. The number of hydrogen-bond donors (Lipinski definition) is 2. The molecule has 0 aromatic carbocycles. The van der Waals surface area contributed by atoms with Crippen LogP contribution in [0.1, 0.15) is 55.8 Å². The quantitative estimate of drug-likeness (QED) is 0.769. The lowest BCUT2D eigenvalue weighted by Gasteiger charge is -2.25. The summed E-state index contributed by atoms with van der Waals surface area (Å²) in [7, 11) is 0. The van der Waals surface area contributed by atoms with E-state index in [0.717, 1.165) is 62.7 Å².